The molecule has 22 nitrogen and oxygen atoms in total. The highest BCUT2D eigenvalue weighted by molar-refractivity contribution is 5.81. The van der Waals surface area contributed by atoms with Gasteiger partial charge < -0.3 is 103 Å². The van der Waals surface area contributed by atoms with Crippen molar-refractivity contribution in [3.63, 3.8) is 0 Å². The molecule has 58 heavy (non-hydrogen) atoms. The van der Waals surface area contributed by atoms with Crippen LogP contribution in [0.1, 0.15) is 24.8 Å². The first-order chi connectivity index (χ1) is 27.7. The van der Waals surface area contributed by atoms with Crippen LogP contribution in [0.15, 0.2) is 30.3 Å². The van der Waals surface area contributed by atoms with Crippen LogP contribution in [0.2, 0.25) is 0 Å². The van der Waals surface area contributed by atoms with Crippen LogP contribution < -0.4 is 39.3 Å². The molecule has 2 amide bonds. The van der Waals surface area contributed by atoms with Crippen molar-refractivity contribution in [2.24, 2.45) is 28.7 Å². The second-order valence-corrected chi connectivity index (χ2v) is 14.8. The van der Waals surface area contributed by atoms with Gasteiger partial charge in [0, 0.05) is 25.7 Å². The Bertz CT molecular complexity index is 1450. The van der Waals surface area contributed by atoms with Crippen LogP contribution in [-0.4, -0.2) is 185 Å². The van der Waals surface area contributed by atoms with Gasteiger partial charge in [-0.2, -0.15) is 0 Å². The predicted octanol–water partition coefficient (Wildman–Crippen LogP) is -6.05. The molecule has 0 spiro atoms. The third kappa shape index (κ3) is 10.9. The van der Waals surface area contributed by atoms with Crippen LogP contribution in [0.25, 0.3) is 0 Å². The van der Waals surface area contributed by atoms with E-state index in [1.54, 1.807) is 24.3 Å². The van der Waals surface area contributed by atoms with Crippen molar-refractivity contribution in [1.82, 2.24) is 10.6 Å². The Kier molecular flexibility index (Phi) is 16.9. The van der Waals surface area contributed by atoms with E-state index in [1.807, 2.05) is 6.07 Å². The van der Waals surface area contributed by atoms with Crippen LogP contribution >= 0.6 is 0 Å². The molecule has 0 radical (unpaired) electrons. The van der Waals surface area contributed by atoms with Crippen LogP contribution in [0.5, 0.6) is 0 Å². The molecule has 1 saturated carbocycles. The van der Waals surface area contributed by atoms with E-state index in [-0.39, 0.29) is 26.1 Å². The van der Waals surface area contributed by atoms with Crippen molar-refractivity contribution in [1.29, 1.82) is 0 Å². The minimum atomic E-state index is -2.19. The number of aliphatic hydroxyl groups excluding tert-OH is 6. The fraction of sp³-hybridized carbons (Fsp3) is 0.771. The molecule has 0 unspecified atom stereocenters. The molecule has 18 N–H and O–H groups in total. The molecular weight excluding hydrogens is 777 g/mol. The lowest BCUT2D eigenvalue weighted by Crippen LogP contribution is -2.67. The summed E-state index contributed by atoms with van der Waals surface area (Å²) in [4.78, 5) is 25.7. The lowest BCUT2D eigenvalue weighted by Gasteiger charge is -2.47. The first kappa shape index (κ1) is 46.3. The number of nitrogens with one attached hydrogen (secondary N) is 2. The molecule has 3 saturated heterocycles. The Balaban J connectivity index is 1.37. The van der Waals surface area contributed by atoms with E-state index in [4.69, 9.17) is 61.8 Å². The quantitative estimate of drug-likeness (QED) is 0.0737. The first-order valence-electron chi connectivity index (χ1n) is 19.2. The third-order valence-corrected chi connectivity index (χ3v) is 10.7. The maximum atomic E-state index is 14.2. The monoisotopic (exact) mass is 835 g/mol. The molecule has 23 heteroatoms. The largest absolute Gasteiger partial charge is 0.445 e. The molecular formula is C35H58FN7O15. The molecule has 5 rings (SSSR count). The van der Waals surface area contributed by atoms with Gasteiger partial charge in [0.25, 0.3) is 5.91 Å². The molecule has 4 aliphatic rings. The summed E-state index contributed by atoms with van der Waals surface area (Å²) in [7, 11) is 0. The average molecular weight is 836 g/mol. The number of carbonyl (C=O) groups excluding carboxylic acids is 2. The number of aliphatic hydroxyl groups is 6. The summed E-state index contributed by atoms with van der Waals surface area (Å²) in [6.45, 7) is -1.57. The molecule has 1 aromatic rings. The number of carbonyl (C=O) groups is 2. The Labute approximate surface area is 333 Å². The fourth-order valence-corrected chi connectivity index (χ4v) is 7.35. The van der Waals surface area contributed by atoms with Gasteiger partial charge in [-0.25, -0.2) is 9.18 Å². The van der Waals surface area contributed by atoms with Gasteiger partial charge in [-0.15, -0.1) is 0 Å². The van der Waals surface area contributed by atoms with E-state index in [0.29, 0.717) is 12.8 Å². The lowest BCUT2D eigenvalue weighted by molar-refractivity contribution is -0.290. The molecule has 3 aliphatic heterocycles. The van der Waals surface area contributed by atoms with E-state index >= 15 is 0 Å². The summed E-state index contributed by atoms with van der Waals surface area (Å²) in [6.07, 6.45) is -22.8. The van der Waals surface area contributed by atoms with Crippen molar-refractivity contribution >= 4 is 12.0 Å². The van der Waals surface area contributed by atoms with Gasteiger partial charge in [0.1, 0.15) is 67.7 Å². The summed E-state index contributed by atoms with van der Waals surface area (Å²) in [5, 5.41) is 69.5. The second-order valence-electron chi connectivity index (χ2n) is 14.8. The molecule has 4 fully saturated rings. The topological polar surface area (TPSA) is 374 Å². The van der Waals surface area contributed by atoms with Gasteiger partial charge in [-0.3, -0.25) is 4.79 Å². The van der Waals surface area contributed by atoms with Crippen LogP contribution in [-0.2, 0) is 44.6 Å². The molecule has 0 bridgehead atoms. The minimum Gasteiger partial charge on any atom is -0.445 e. The number of hydrogen-bond donors (Lipinski definition) is 13. The standard InChI is InChI=1S/C35H58FN7O15/c36-16(10-38)23(45)31(50)42-19-8-17(40)28(56-32-18(7-6-15(9-37)53-32)43-35(51)52-13-14-4-2-1-3-5-14)30(24(19)46)58-34-27(49)29(21(12-44)55-34)57-33-22(41)26(48)25(47)20(11-39)54-33/h1-5,15-30,32-34,44-49H,6-13,37-41H2,(H,42,50)(H,43,51)/t15-,16+,17-,18+,19+,20-,21+,22+,23-,24-,25+,26+,27+,28+,29+,30+,32+,33+,34-/m0/s1. The SMILES string of the molecule is NC[C@@H]1CC[C@@H](NC(=O)OCc2ccccc2)[C@@H](O[C@H]2[C@H](O[C@@H]3O[C@H](CO)[C@@H](O[C@H]4O[C@@H](CN)[C@@H](O)[C@H](O)[C@H]4N)[C@H]3O)[C@@H](O)[C@H](NC(=O)[C@@H](O)[C@H](F)CN)C[C@@H]2N)O1. The zero-order valence-corrected chi connectivity index (χ0v) is 31.6. The lowest BCUT2D eigenvalue weighted by atomic mass is 9.83. The number of ether oxygens (including phenoxy) is 7. The normalized spacial score (nSPS) is 40.4. The number of amides is 2. The summed E-state index contributed by atoms with van der Waals surface area (Å²) in [5.74, 6) is -1.20. The Hall–Kier alpha value is -2.79. The number of nitrogens with two attached hydrogens (primary N) is 5. The van der Waals surface area contributed by atoms with Gasteiger partial charge in [0.05, 0.1) is 30.8 Å². The number of halogens is 1. The minimum absolute atomic E-state index is 0.0265. The van der Waals surface area contributed by atoms with Gasteiger partial charge in [-0.05, 0) is 24.8 Å². The predicted molar refractivity (Wildman–Crippen MR) is 195 cm³/mol. The van der Waals surface area contributed by atoms with E-state index < -0.39 is 142 Å². The summed E-state index contributed by atoms with van der Waals surface area (Å²) in [6, 6.07) is 4.39. The maximum absolute atomic E-state index is 14.2. The highest BCUT2D eigenvalue weighted by Gasteiger charge is 2.54. The van der Waals surface area contributed by atoms with Crippen molar-refractivity contribution in [2.75, 3.05) is 26.2 Å². The Morgan fingerprint density at radius 1 is 0.793 bits per heavy atom. The Morgan fingerprint density at radius 3 is 2.12 bits per heavy atom. The van der Waals surface area contributed by atoms with Crippen LogP contribution in [0, 0.1) is 0 Å². The average Bonchev–Trinajstić information content (AvgIpc) is 3.52. The van der Waals surface area contributed by atoms with Gasteiger partial charge in [0.15, 0.2) is 25.0 Å². The van der Waals surface area contributed by atoms with Gasteiger partial charge in [0.2, 0.25) is 0 Å². The highest BCUT2D eigenvalue weighted by Crippen LogP contribution is 2.35. The van der Waals surface area contributed by atoms with Crippen LogP contribution in [0.4, 0.5) is 9.18 Å². The first-order valence-corrected chi connectivity index (χ1v) is 19.2. The molecule has 1 aliphatic carbocycles. The van der Waals surface area contributed by atoms with Gasteiger partial charge >= 0.3 is 6.09 Å². The number of alkyl halides is 1. The molecule has 1 aromatic carbocycles. The Morgan fingerprint density at radius 2 is 1.47 bits per heavy atom. The van der Waals surface area contributed by atoms with Crippen molar-refractivity contribution in [3.8, 4) is 0 Å². The summed E-state index contributed by atoms with van der Waals surface area (Å²) >= 11 is 0. The fourth-order valence-electron chi connectivity index (χ4n) is 7.35. The van der Waals surface area contributed by atoms with Crippen molar-refractivity contribution in [3.05, 3.63) is 35.9 Å². The van der Waals surface area contributed by atoms with Gasteiger partial charge in [-0.1, -0.05) is 30.3 Å². The molecule has 3 heterocycles. The van der Waals surface area contributed by atoms with E-state index in [2.05, 4.69) is 10.6 Å². The van der Waals surface area contributed by atoms with E-state index in [9.17, 15) is 44.6 Å². The number of hydrogen-bond acceptors (Lipinski definition) is 20. The van der Waals surface area contributed by atoms with E-state index in [0.717, 1.165) is 5.56 Å². The molecule has 0 aromatic heterocycles. The zero-order chi connectivity index (χ0) is 42.3. The number of benzene rings is 1. The highest BCUT2D eigenvalue weighted by atomic mass is 19.1. The van der Waals surface area contributed by atoms with Crippen molar-refractivity contribution in [2.45, 2.75) is 142 Å². The third-order valence-electron chi connectivity index (χ3n) is 10.7. The van der Waals surface area contributed by atoms with E-state index in [1.165, 1.54) is 0 Å². The zero-order valence-electron chi connectivity index (χ0n) is 31.6. The molecule has 19 atom stereocenters. The summed E-state index contributed by atoms with van der Waals surface area (Å²) < 4.78 is 55.5. The smallest absolute Gasteiger partial charge is 0.407 e. The maximum Gasteiger partial charge on any atom is 0.407 e. The number of rotatable bonds is 16. The number of alkyl carbamates (subject to hydrolysis) is 1. The second kappa shape index (κ2) is 21.1. The molecule has 330 valence electrons. The summed E-state index contributed by atoms with van der Waals surface area (Å²) in [5.41, 5.74) is 30.3. The van der Waals surface area contributed by atoms with Crippen LogP contribution in [0.3, 0.4) is 0 Å². The van der Waals surface area contributed by atoms with Crippen molar-refractivity contribution < 1.29 is 77.8 Å².